The van der Waals surface area contributed by atoms with Crippen molar-refractivity contribution in [1.82, 2.24) is 29.6 Å². The first-order chi connectivity index (χ1) is 15.5. The van der Waals surface area contributed by atoms with Crippen LogP contribution in [0.1, 0.15) is 23.2 Å². The quantitative estimate of drug-likeness (QED) is 0.562. The zero-order valence-electron chi connectivity index (χ0n) is 18.1. The van der Waals surface area contributed by atoms with Gasteiger partial charge in [0.1, 0.15) is 0 Å². The van der Waals surface area contributed by atoms with Crippen LogP contribution in [0.2, 0.25) is 5.02 Å². The third-order valence-electron chi connectivity index (χ3n) is 5.95. The molecule has 1 saturated heterocycles. The van der Waals surface area contributed by atoms with E-state index in [0.29, 0.717) is 37.2 Å². The van der Waals surface area contributed by atoms with Crippen molar-refractivity contribution in [2.75, 3.05) is 25.9 Å². The molecule has 2 fully saturated rings. The molecule has 2 aliphatic rings. The molecular formula is C20H24ClFN6O4S. The van der Waals surface area contributed by atoms with Crippen molar-refractivity contribution in [3.63, 3.8) is 0 Å². The monoisotopic (exact) mass is 498 g/mol. The van der Waals surface area contributed by atoms with Gasteiger partial charge in [-0.1, -0.05) is 11.6 Å². The maximum atomic E-state index is 14.5. The van der Waals surface area contributed by atoms with E-state index >= 15 is 0 Å². The first-order valence-electron chi connectivity index (χ1n) is 10.3. The number of halogens is 2. The largest absolute Gasteiger partial charge is 0.340 e. The average molecular weight is 499 g/mol. The molecule has 33 heavy (non-hydrogen) atoms. The molecule has 2 aromatic rings. The Kier molecular flexibility index (Phi) is 6.34. The Hall–Kier alpha value is -2.70. The highest BCUT2D eigenvalue weighted by Gasteiger charge is 2.41. The van der Waals surface area contributed by atoms with Crippen LogP contribution in [0.15, 0.2) is 24.7 Å². The molecule has 2 N–H and O–H groups in total. The number of hydrazine groups is 1. The van der Waals surface area contributed by atoms with Crippen molar-refractivity contribution in [2.45, 2.75) is 18.9 Å². The van der Waals surface area contributed by atoms with Crippen LogP contribution in [0.3, 0.4) is 0 Å². The average Bonchev–Trinajstić information content (AvgIpc) is 3.30. The van der Waals surface area contributed by atoms with E-state index < -0.39 is 27.3 Å². The summed E-state index contributed by atoms with van der Waals surface area (Å²) in [5.41, 5.74) is 2.54. The van der Waals surface area contributed by atoms with E-state index in [9.17, 15) is 22.4 Å². The van der Waals surface area contributed by atoms with Gasteiger partial charge in [-0.3, -0.25) is 10.2 Å². The number of hydrogen-bond acceptors (Lipinski definition) is 5. The molecule has 0 spiro atoms. The Morgan fingerprint density at radius 2 is 2.00 bits per heavy atom. The molecule has 1 aliphatic heterocycles. The molecule has 10 nitrogen and oxygen atoms in total. The van der Waals surface area contributed by atoms with Crippen molar-refractivity contribution in [1.29, 1.82) is 0 Å². The number of likely N-dealkylation sites (N-methyl/N-ethyl adjacent to an activating group) is 1. The lowest BCUT2D eigenvalue weighted by Crippen LogP contribution is -2.50. The molecule has 1 aromatic heterocycles. The summed E-state index contributed by atoms with van der Waals surface area (Å²) in [6.07, 6.45) is 4.37. The van der Waals surface area contributed by atoms with Crippen molar-refractivity contribution in [2.24, 2.45) is 13.0 Å². The standard InChI is InChI=1S/C20H24ClFN6O4S/c1-26-9-17(23-11-26)13-7-15(18(22)16(21)8-13)19(29)24-25-33(31,32)10-12-5-14(6-12)28-4-3-27(2)20(28)30/h7-9,11-12,14,25H,3-6,10H2,1-2H3,(H,24,29). The number of nitrogens with zero attached hydrogens (tertiary/aromatic N) is 4. The Morgan fingerprint density at radius 3 is 2.61 bits per heavy atom. The minimum absolute atomic E-state index is 0.0304. The second-order valence-corrected chi connectivity index (χ2v) is 10.6. The van der Waals surface area contributed by atoms with Crippen molar-refractivity contribution >= 4 is 33.6 Å². The number of amides is 3. The van der Waals surface area contributed by atoms with Crippen LogP contribution < -0.4 is 10.3 Å². The number of nitrogens with one attached hydrogen (secondary N) is 2. The van der Waals surface area contributed by atoms with Crippen molar-refractivity contribution in [3.05, 3.63) is 41.1 Å². The minimum Gasteiger partial charge on any atom is -0.340 e. The van der Waals surface area contributed by atoms with E-state index in [-0.39, 0.29) is 28.8 Å². The van der Waals surface area contributed by atoms with Crippen LogP contribution in [0, 0.1) is 11.7 Å². The van der Waals surface area contributed by atoms with Crippen LogP contribution in [-0.4, -0.2) is 71.6 Å². The Balaban J connectivity index is 1.35. The number of aromatic nitrogens is 2. The summed E-state index contributed by atoms with van der Waals surface area (Å²) in [5, 5.41) is -0.284. The molecule has 13 heteroatoms. The second kappa shape index (κ2) is 8.92. The number of carbonyl (C=O) groups is 2. The number of hydrogen-bond donors (Lipinski definition) is 2. The summed E-state index contributed by atoms with van der Waals surface area (Å²) < 4.78 is 41.0. The van der Waals surface area contributed by atoms with Gasteiger partial charge in [0, 0.05) is 45.0 Å². The number of carbonyl (C=O) groups excluding carboxylic acids is 2. The minimum atomic E-state index is -3.86. The zero-order valence-corrected chi connectivity index (χ0v) is 19.7. The highest BCUT2D eigenvalue weighted by molar-refractivity contribution is 7.89. The first-order valence-corrected chi connectivity index (χ1v) is 12.4. The topological polar surface area (TPSA) is 117 Å². The fourth-order valence-corrected chi connectivity index (χ4v) is 5.55. The molecule has 0 radical (unpaired) electrons. The molecule has 0 bridgehead atoms. The van der Waals surface area contributed by atoms with Gasteiger partial charge >= 0.3 is 6.03 Å². The summed E-state index contributed by atoms with van der Waals surface area (Å²) in [6.45, 7) is 1.30. The molecular weight excluding hydrogens is 475 g/mol. The molecule has 1 aliphatic carbocycles. The number of rotatable bonds is 7. The lowest BCUT2D eigenvalue weighted by Gasteiger charge is -2.40. The third kappa shape index (κ3) is 4.97. The van der Waals surface area contributed by atoms with Crippen molar-refractivity contribution in [3.8, 4) is 11.3 Å². The Bertz CT molecular complexity index is 1200. The van der Waals surface area contributed by atoms with Gasteiger partial charge in [-0.25, -0.2) is 22.6 Å². The molecule has 3 amide bonds. The van der Waals surface area contributed by atoms with Crippen LogP contribution in [0.4, 0.5) is 9.18 Å². The molecule has 1 aromatic carbocycles. The molecule has 4 rings (SSSR count). The summed E-state index contributed by atoms with van der Waals surface area (Å²) in [6, 6.07) is 2.59. The normalized spacial score (nSPS) is 20.8. The van der Waals surface area contributed by atoms with E-state index in [4.69, 9.17) is 11.6 Å². The van der Waals surface area contributed by atoms with E-state index in [2.05, 4.69) is 10.4 Å². The van der Waals surface area contributed by atoms with Crippen LogP contribution in [0.25, 0.3) is 11.3 Å². The van der Waals surface area contributed by atoms with Gasteiger partial charge in [-0.2, -0.15) is 0 Å². The fourth-order valence-electron chi connectivity index (χ4n) is 4.11. The zero-order chi connectivity index (χ0) is 23.9. The molecule has 178 valence electrons. The summed E-state index contributed by atoms with van der Waals surface area (Å²) in [4.78, 5) is 34.1. The molecule has 0 unspecified atom stereocenters. The van der Waals surface area contributed by atoms with E-state index in [0.717, 1.165) is 0 Å². The lowest BCUT2D eigenvalue weighted by molar-refractivity contribution is 0.0939. The maximum absolute atomic E-state index is 14.5. The van der Waals surface area contributed by atoms with Gasteiger partial charge in [-0.05, 0) is 30.9 Å². The van der Waals surface area contributed by atoms with E-state index in [1.165, 1.54) is 12.1 Å². The SMILES string of the molecule is CN1CCN(C2CC(CS(=O)(=O)NNC(=O)c3cc(-c4cn(C)cn4)cc(Cl)c3F)C2)C1=O. The second-order valence-electron chi connectivity index (χ2n) is 8.47. The van der Waals surface area contributed by atoms with Gasteiger partial charge in [0.25, 0.3) is 5.91 Å². The number of aryl methyl sites for hydroxylation is 1. The van der Waals surface area contributed by atoms with E-state index in [1.54, 1.807) is 41.0 Å². The maximum Gasteiger partial charge on any atom is 0.320 e. The van der Waals surface area contributed by atoms with Crippen LogP contribution in [-0.2, 0) is 17.1 Å². The van der Waals surface area contributed by atoms with Gasteiger partial charge in [0.2, 0.25) is 10.0 Å². The summed E-state index contributed by atoms with van der Waals surface area (Å²) in [5.74, 6) is -2.29. The predicted octanol–water partition coefficient (Wildman–Crippen LogP) is 1.59. The number of imidazole rings is 1. The number of sulfonamides is 1. The molecule has 2 heterocycles. The van der Waals surface area contributed by atoms with Gasteiger partial charge < -0.3 is 14.4 Å². The Labute approximate surface area is 195 Å². The predicted molar refractivity (Wildman–Crippen MR) is 119 cm³/mol. The lowest BCUT2D eigenvalue weighted by atomic mass is 9.81. The van der Waals surface area contributed by atoms with E-state index in [1.807, 2.05) is 4.83 Å². The van der Waals surface area contributed by atoms with Gasteiger partial charge in [0.05, 0.1) is 28.4 Å². The first kappa shape index (κ1) is 23.5. The molecule has 0 atom stereocenters. The third-order valence-corrected chi connectivity index (χ3v) is 7.55. The number of benzene rings is 1. The fraction of sp³-hybridized carbons (Fsp3) is 0.450. The van der Waals surface area contributed by atoms with Crippen LogP contribution >= 0.6 is 11.6 Å². The highest BCUT2D eigenvalue weighted by Crippen LogP contribution is 2.34. The van der Waals surface area contributed by atoms with Crippen LogP contribution in [0.5, 0.6) is 0 Å². The van der Waals surface area contributed by atoms with Gasteiger partial charge in [0.15, 0.2) is 5.82 Å². The van der Waals surface area contributed by atoms with Crippen molar-refractivity contribution < 1.29 is 22.4 Å². The summed E-state index contributed by atoms with van der Waals surface area (Å²) >= 11 is 5.93. The number of urea groups is 1. The highest BCUT2D eigenvalue weighted by atomic mass is 35.5. The van der Waals surface area contributed by atoms with Gasteiger partial charge in [-0.15, -0.1) is 4.83 Å². The Morgan fingerprint density at radius 1 is 1.27 bits per heavy atom. The smallest absolute Gasteiger partial charge is 0.320 e. The summed E-state index contributed by atoms with van der Waals surface area (Å²) in [7, 11) is -0.371. The molecule has 1 saturated carbocycles.